The topological polar surface area (TPSA) is 46.9 Å². The number of carbonyl (C=O) groups excluding carboxylic acids is 1. The quantitative estimate of drug-likeness (QED) is 0.654. The number of nitrogens with one attached hydrogen (secondary N) is 1. The van der Waals surface area contributed by atoms with Crippen molar-refractivity contribution in [2.24, 2.45) is 0 Å². The van der Waals surface area contributed by atoms with Crippen molar-refractivity contribution in [1.29, 1.82) is 0 Å². The molecule has 4 rings (SSSR count). The Morgan fingerprint density at radius 1 is 1.07 bits per heavy atom. The zero-order valence-corrected chi connectivity index (χ0v) is 16.1. The van der Waals surface area contributed by atoms with E-state index in [0.717, 1.165) is 42.9 Å². The Kier molecular flexibility index (Phi) is 4.99. The molecule has 2 heterocycles. The first-order chi connectivity index (χ1) is 13.1. The standard InChI is InChI=1S/C22H22ClN3O/c1-15-10-12-16(13-11-15)21-25-20(19-9-3-2-6-14-26(19)21)22(27)24-18-8-5-4-7-17(18)23/h4-5,7-8,10-13H,2-3,6,9,14H2,1H3,(H,24,27). The van der Waals surface area contributed by atoms with Crippen molar-refractivity contribution in [2.45, 2.75) is 39.2 Å². The number of carbonyl (C=O) groups is 1. The number of aryl methyl sites for hydroxylation is 1. The molecule has 0 saturated heterocycles. The van der Waals surface area contributed by atoms with Crippen molar-refractivity contribution in [2.75, 3.05) is 5.32 Å². The first kappa shape index (κ1) is 17.8. The molecule has 1 aliphatic rings. The fourth-order valence-electron chi connectivity index (χ4n) is 3.57. The monoisotopic (exact) mass is 379 g/mol. The van der Waals surface area contributed by atoms with Crippen LogP contribution in [0.5, 0.6) is 0 Å². The molecule has 0 aliphatic carbocycles. The van der Waals surface area contributed by atoms with Gasteiger partial charge in [0.25, 0.3) is 5.91 Å². The van der Waals surface area contributed by atoms with Gasteiger partial charge in [-0.2, -0.15) is 0 Å². The molecule has 138 valence electrons. The van der Waals surface area contributed by atoms with Gasteiger partial charge in [0, 0.05) is 12.1 Å². The highest BCUT2D eigenvalue weighted by Gasteiger charge is 2.24. The zero-order chi connectivity index (χ0) is 18.8. The van der Waals surface area contributed by atoms with Crippen molar-refractivity contribution in [3.8, 4) is 11.4 Å². The molecule has 27 heavy (non-hydrogen) atoms. The molecule has 0 fully saturated rings. The molecule has 1 N–H and O–H groups in total. The molecule has 3 aromatic rings. The van der Waals surface area contributed by atoms with E-state index >= 15 is 0 Å². The maximum atomic E-state index is 13.0. The van der Waals surface area contributed by atoms with Crippen LogP contribution in [0.1, 0.15) is 41.0 Å². The summed E-state index contributed by atoms with van der Waals surface area (Å²) in [6.45, 7) is 2.96. The maximum absolute atomic E-state index is 13.0. The molecule has 0 unspecified atom stereocenters. The van der Waals surface area contributed by atoms with Crippen LogP contribution >= 0.6 is 11.6 Å². The van der Waals surface area contributed by atoms with E-state index in [2.05, 4.69) is 41.1 Å². The third-order valence-electron chi connectivity index (χ3n) is 5.01. The number of amides is 1. The molecule has 0 saturated carbocycles. The highest BCUT2D eigenvalue weighted by molar-refractivity contribution is 6.33. The van der Waals surface area contributed by atoms with E-state index in [0.29, 0.717) is 16.4 Å². The summed E-state index contributed by atoms with van der Waals surface area (Å²) in [5.41, 5.74) is 4.38. The number of halogens is 1. The van der Waals surface area contributed by atoms with Crippen LogP contribution < -0.4 is 5.32 Å². The molecule has 1 aromatic heterocycles. The first-order valence-electron chi connectivity index (χ1n) is 9.36. The minimum absolute atomic E-state index is 0.202. The lowest BCUT2D eigenvalue weighted by Crippen LogP contribution is -2.15. The summed E-state index contributed by atoms with van der Waals surface area (Å²) in [7, 11) is 0. The normalized spacial score (nSPS) is 13.7. The van der Waals surface area contributed by atoms with Crippen LogP contribution in [0.4, 0.5) is 5.69 Å². The lowest BCUT2D eigenvalue weighted by Gasteiger charge is -2.09. The third kappa shape index (κ3) is 3.62. The summed E-state index contributed by atoms with van der Waals surface area (Å²) in [6.07, 6.45) is 4.21. The van der Waals surface area contributed by atoms with Crippen LogP contribution in [0.2, 0.25) is 5.02 Å². The van der Waals surface area contributed by atoms with Gasteiger partial charge in [-0.15, -0.1) is 0 Å². The van der Waals surface area contributed by atoms with Gasteiger partial charge < -0.3 is 9.88 Å². The minimum Gasteiger partial charge on any atom is -0.327 e. The second-order valence-corrected chi connectivity index (χ2v) is 7.40. The molecule has 0 radical (unpaired) electrons. The smallest absolute Gasteiger partial charge is 0.276 e. The van der Waals surface area contributed by atoms with Gasteiger partial charge in [0.05, 0.1) is 16.4 Å². The highest BCUT2D eigenvalue weighted by Crippen LogP contribution is 2.29. The Bertz CT molecular complexity index is 976. The Labute approximate surface area is 164 Å². The second kappa shape index (κ2) is 7.57. The summed E-state index contributed by atoms with van der Waals surface area (Å²) in [5, 5.41) is 3.45. The van der Waals surface area contributed by atoms with Crippen molar-refractivity contribution in [3.63, 3.8) is 0 Å². The number of hydrogen-bond acceptors (Lipinski definition) is 2. The number of para-hydroxylation sites is 1. The number of benzene rings is 2. The van der Waals surface area contributed by atoms with Crippen molar-refractivity contribution in [3.05, 3.63) is 70.5 Å². The average Bonchev–Trinajstić information content (AvgIpc) is 2.86. The molecule has 5 heteroatoms. The summed E-state index contributed by atoms with van der Waals surface area (Å²) in [4.78, 5) is 17.8. The van der Waals surface area contributed by atoms with E-state index in [1.54, 1.807) is 12.1 Å². The van der Waals surface area contributed by atoms with Gasteiger partial charge in [-0.25, -0.2) is 4.98 Å². The molecular formula is C22H22ClN3O. The summed E-state index contributed by atoms with van der Waals surface area (Å²) < 4.78 is 2.22. The average molecular weight is 380 g/mol. The Morgan fingerprint density at radius 3 is 2.63 bits per heavy atom. The molecule has 0 bridgehead atoms. The summed E-state index contributed by atoms with van der Waals surface area (Å²) >= 11 is 6.20. The Morgan fingerprint density at radius 2 is 1.85 bits per heavy atom. The predicted octanol–water partition coefficient (Wildman–Crippen LogP) is 5.49. The van der Waals surface area contributed by atoms with Gasteiger partial charge in [-0.1, -0.05) is 60.0 Å². The molecule has 1 aliphatic heterocycles. The Balaban J connectivity index is 1.75. The van der Waals surface area contributed by atoms with Gasteiger partial charge in [0.2, 0.25) is 0 Å². The van der Waals surface area contributed by atoms with Gasteiger partial charge >= 0.3 is 0 Å². The van der Waals surface area contributed by atoms with Crippen LogP contribution in [0.15, 0.2) is 48.5 Å². The molecule has 4 nitrogen and oxygen atoms in total. The van der Waals surface area contributed by atoms with Gasteiger partial charge in [-0.3, -0.25) is 4.79 Å². The number of aromatic nitrogens is 2. The number of anilines is 1. The van der Waals surface area contributed by atoms with Crippen LogP contribution in [0.3, 0.4) is 0 Å². The second-order valence-electron chi connectivity index (χ2n) is 6.99. The van der Waals surface area contributed by atoms with Crippen LogP contribution in [0, 0.1) is 6.92 Å². The van der Waals surface area contributed by atoms with E-state index in [9.17, 15) is 4.79 Å². The van der Waals surface area contributed by atoms with Gasteiger partial charge in [0.15, 0.2) is 0 Å². The van der Waals surface area contributed by atoms with E-state index in [4.69, 9.17) is 16.6 Å². The van der Waals surface area contributed by atoms with E-state index in [1.807, 2.05) is 12.1 Å². The van der Waals surface area contributed by atoms with Crippen LogP contribution in [-0.4, -0.2) is 15.5 Å². The van der Waals surface area contributed by atoms with Crippen molar-refractivity contribution < 1.29 is 4.79 Å². The fraction of sp³-hybridized carbons (Fsp3) is 0.273. The van der Waals surface area contributed by atoms with E-state index in [1.165, 1.54) is 12.0 Å². The summed E-state index contributed by atoms with van der Waals surface area (Å²) in [6, 6.07) is 15.6. The maximum Gasteiger partial charge on any atom is 0.276 e. The Hall–Kier alpha value is -2.59. The number of hydrogen-bond donors (Lipinski definition) is 1. The van der Waals surface area contributed by atoms with Gasteiger partial charge in [0.1, 0.15) is 11.5 Å². The van der Waals surface area contributed by atoms with E-state index in [-0.39, 0.29) is 5.91 Å². The predicted molar refractivity (Wildman–Crippen MR) is 109 cm³/mol. The molecule has 0 atom stereocenters. The number of imidazole rings is 1. The molecule has 0 spiro atoms. The molecular weight excluding hydrogens is 358 g/mol. The lowest BCUT2D eigenvalue weighted by molar-refractivity contribution is 0.102. The number of rotatable bonds is 3. The number of fused-ring (bicyclic) bond motifs is 1. The molecule has 2 aromatic carbocycles. The largest absolute Gasteiger partial charge is 0.327 e. The van der Waals surface area contributed by atoms with Crippen LogP contribution in [0.25, 0.3) is 11.4 Å². The number of nitrogens with zero attached hydrogens (tertiary/aromatic N) is 2. The zero-order valence-electron chi connectivity index (χ0n) is 15.3. The van der Waals surface area contributed by atoms with Crippen LogP contribution in [-0.2, 0) is 13.0 Å². The third-order valence-corrected chi connectivity index (χ3v) is 5.34. The molecule has 1 amide bonds. The SMILES string of the molecule is Cc1ccc(-c2nc(C(=O)Nc3ccccc3Cl)c3n2CCCCC3)cc1. The van der Waals surface area contributed by atoms with E-state index < -0.39 is 0 Å². The lowest BCUT2D eigenvalue weighted by atomic mass is 10.1. The van der Waals surface area contributed by atoms with Gasteiger partial charge in [-0.05, 0) is 38.3 Å². The first-order valence-corrected chi connectivity index (χ1v) is 9.73. The summed E-state index contributed by atoms with van der Waals surface area (Å²) in [5.74, 6) is 0.670. The fourth-order valence-corrected chi connectivity index (χ4v) is 3.75. The minimum atomic E-state index is -0.202. The van der Waals surface area contributed by atoms with Crippen molar-refractivity contribution >= 4 is 23.2 Å². The van der Waals surface area contributed by atoms with Crippen molar-refractivity contribution in [1.82, 2.24) is 9.55 Å². The highest BCUT2D eigenvalue weighted by atomic mass is 35.5.